The van der Waals surface area contributed by atoms with Gasteiger partial charge in [0.05, 0.1) is 13.5 Å². The van der Waals surface area contributed by atoms with Crippen LogP contribution >= 0.6 is 7.29 Å². The number of methoxy groups -OCH3 is 1. The van der Waals surface area contributed by atoms with Crippen molar-refractivity contribution < 1.29 is 23.6 Å². The number of ether oxygens (including phenoxy) is 2. The number of esters is 1. The highest BCUT2D eigenvalue weighted by Gasteiger charge is 2.40. The second-order valence-electron chi connectivity index (χ2n) is 7.18. The third-order valence-corrected chi connectivity index (χ3v) is 6.95. The molecule has 0 aliphatic carbocycles. The molecule has 0 aliphatic heterocycles. The van der Waals surface area contributed by atoms with E-state index in [1.54, 1.807) is 69.3 Å². The van der Waals surface area contributed by atoms with Crippen LogP contribution in [0.5, 0.6) is 0 Å². The summed E-state index contributed by atoms with van der Waals surface area (Å²) >= 11 is 0. The van der Waals surface area contributed by atoms with Crippen molar-refractivity contribution in [2.75, 3.05) is 13.7 Å². The van der Waals surface area contributed by atoms with Gasteiger partial charge in [0.25, 0.3) is 0 Å². The molecule has 0 fully saturated rings. The number of carbonyl (C=O) groups excluding carboxylic acids is 2. The Morgan fingerprint density at radius 1 is 0.929 bits per heavy atom. The number of hydrogen-bond acceptors (Lipinski definition) is 5. The Morgan fingerprint density at radius 3 is 1.79 bits per heavy atom. The summed E-state index contributed by atoms with van der Waals surface area (Å²) in [7, 11) is -2.32. The lowest BCUT2D eigenvalue weighted by Gasteiger charge is -2.33. The molecule has 0 spiro atoms. The van der Waals surface area contributed by atoms with Crippen LogP contribution < -0.4 is 10.6 Å². The van der Waals surface area contributed by atoms with E-state index in [9.17, 15) is 14.2 Å². The Labute approximate surface area is 165 Å². The molecule has 150 valence electrons. The molecule has 1 amide bonds. The van der Waals surface area contributed by atoms with Gasteiger partial charge < -0.3 is 9.47 Å². The van der Waals surface area contributed by atoms with E-state index in [0.717, 1.165) is 0 Å². The van der Waals surface area contributed by atoms with E-state index in [1.165, 1.54) is 11.8 Å². The molecule has 7 heteroatoms. The van der Waals surface area contributed by atoms with E-state index in [-0.39, 0.29) is 13.0 Å². The Hall–Kier alpha value is -2.59. The van der Waals surface area contributed by atoms with E-state index in [1.807, 2.05) is 12.1 Å². The van der Waals surface area contributed by atoms with E-state index in [2.05, 4.69) is 0 Å². The van der Waals surface area contributed by atoms with Gasteiger partial charge in [-0.2, -0.15) is 0 Å². The molecule has 0 radical (unpaired) electrons. The fourth-order valence-electron chi connectivity index (χ4n) is 2.65. The summed E-state index contributed by atoms with van der Waals surface area (Å²) < 4.78 is 25.8. The van der Waals surface area contributed by atoms with Crippen molar-refractivity contribution in [2.24, 2.45) is 0 Å². The van der Waals surface area contributed by atoms with Crippen molar-refractivity contribution in [1.29, 1.82) is 0 Å². The van der Waals surface area contributed by atoms with Gasteiger partial charge in [0, 0.05) is 17.2 Å². The van der Waals surface area contributed by atoms with Gasteiger partial charge in [0.1, 0.15) is 5.60 Å². The summed E-state index contributed by atoms with van der Waals surface area (Å²) in [5, 5.41) is 0.967. The molecule has 0 aliphatic rings. The average Bonchev–Trinajstić information content (AvgIpc) is 2.67. The summed E-state index contributed by atoms with van der Waals surface area (Å²) in [5.74, 6) is -0.499. The fraction of sp³-hybridized carbons (Fsp3) is 0.333. The SMILES string of the molecule is COC(=O)CCN(C(=O)OC(C)(C)C)P(=O)(c1ccccc1)c1ccccc1. The number of benzene rings is 2. The zero-order valence-corrected chi connectivity index (χ0v) is 17.5. The maximum absolute atomic E-state index is 14.4. The maximum Gasteiger partial charge on any atom is 0.416 e. The molecule has 0 unspecified atom stereocenters. The van der Waals surface area contributed by atoms with Crippen molar-refractivity contribution in [1.82, 2.24) is 4.67 Å². The zero-order chi connectivity index (χ0) is 20.8. The second-order valence-corrected chi connectivity index (χ2v) is 9.84. The molecular weight excluding hydrogens is 377 g/mol. The van der Waals surface area contributed by atoms with Gasteiger partial charge in [-0.3, -0.25) is 14.0 Å². The largest absolute Gasteiger partial charge is 0.469 e. The number of hydrogen-bond donors (Lipinski definition) is 0. The topological polar surface area (TPSA) is 72.9 Å². The Bertz CT molecular complexity index is 803. The van der Waals surface area contributed by atoms with Crippen LogP contribution in [-0.4, -0.2) is 36.0 Å². The molecule has 0 saturated heterocycles. The third kappa shape index (κ3) is 5.23. The standard InChI is InChI=1S/C21H26NO5P/c1-21(2,3)27-20(24)22(16-15-19(23)26-4)28(25,17-11-7-5-8-12-17)18-13-9-6-10-14-18/h5-14H,15-16H2,1-4H3. The maximum atomic E-state index is 14.4. The molecule has 0 heterocycles. The predicted molar refractivity (Wildman–Crippen MR) is 109 cm³/mol. The first kappa shape index (κ1) is 21.7. The second kappa shape index (κ2) is 9.07. The highest BCUT2D eigenvalue weighted by Crippen LogP contribution is 2.48. The van der Waals surface area contributed by atoms with Crippen molar-refractivity contribution in [3.8, 4) is 0 Å². The highest BCUT2D eigenvalue weighted by molar-refractivity contribution is 7.77. The minimum atomic E-state index is -3.59. The summed E-state index contributed by atoms with van der Waals surface area (Å²) in [6.07, 6.45) is -0.841. The number of rotatable bonds is 6. The molecule has 2 aromatic rings. The smallest absolute Gasteiger partial charge is 0.416 e. The number of amides is 1. The first-order chi connectivity index (χ1) is 13.2. The lowest BCUT2D eigenvalue weighted by molar-refractivity contribution is -0.140. The summed E-state index contributed by atoms with van der Waals surface area (Å²) in [6.45, 7) is 5.11. The van der Waals surface area contributed by atoms with Crippen LogP contribution in [0, 0.1) is 0 Å². The van der Waals surface area contributed by atoms with Crippen molar-refractivity contribution in [3.05, 3.63) is 60.7 Å². The van der Waals surface area contributed by atoms with Gasteiger partial charge in [-0.15, -0.1) is 0 Å². The third-order valence-electron chi connectivity index (χ3n) is 3.91. The number of nitrogens with zero attached hydrogens (tertiary/aromatic N) is 1. The number of carbonyl (C=O) groups is 2. The van der Waals surface area contributed by atoms with Crippen LogP contribution in [-0.2, 0) is 18.8 Å². The van der Waals surface area contributed by atoms with E-state index in [4.69, 9.17) is 9.47 Å². The first-order valence-corrected chi connectivity index (χ1v) is 10.6. The summed E-state index contributed by atoms with van der Waals surface area (Å²) in [4.78, 5) is 24.8. The van der Waals surface area contributed by atoms with Crippen molar-refractivity contribution >= 4 is 30.0 Å². The average molecular weight is 403 g/mol. The van der Waals surface area contributed by atoms with Crippen LogP contribution in [0.2, 0.25) is 0 Å². The highest BCUT2D eigenvalue weighted by atomic mass is 31.2. The summed E-state index contributed by atoms with van der Waals surface area (Å²) in [5.41, 5.74) is -0.779. The molecule has 6 nitrogen and oxygen atoms in total. The monoisotopic (exact) mass is 403 g/mol. The van der Waals surface area contributed by atoms with E-state index >= 15 is 0 Å². The minimum absolute atomic E-state index is 0.0946. The van der Waals surface area contributed by atoms with Crippen LogP contribution in [0.1, 0.15) is 27.2 Å². The van der Waals surface area contributed by atoms with Crippen LogP contribution in [0.25, 0.3) is 0 Å². The fourth-order valence-corrected chi connectivity index (χ4v) is 5.31. The quantitative estimate of drug-likeness (QED) is 0.543. The van der Waals surface area contributed by atoms with Gasteiger partial charge >= 0.3 is 12.1 Å². The van der Waals surface area contributed by atoms with Gasteiger partial charge in [0.2, 0.25) is 7.29 Å². The molecule has 28 heavy (non-hydrogen) atoms. The van der Waals surface area contributed by atoms with Crippen LogP contribution in [0.15, 0.2) is 60.7 Å². The minimum Gasteiger partial charge on any atom is -0.469 e. The normalized spacial score (nSPS) is 11.6. The Balaban J connectivity index is 2.59. The van der Waals surface area contributed by atoms with Gasteiger partial charge in [-0.1, -0.05) is 36.4 Å². The van der Waals surface area contributed by atoms with Crippen LogP contribution in [0.4, 0.5) is 4.79 Å². The van der Waals surface area contributed by atoms with E-state index < -0.39 is 25.0 Å². The Morgan fingerprint density at radius 2 is 1.39 bits per heavy atom. The van der Waals surface area contributed by atoms with Gasteiger partial charge in [0.15, 0.2) is 0 Å². The first-order valence-electron chi connectivity index (χ1n) is 8.97. The summed E-state index contributed by atoms with van der Waals surface area (Å²) in [6, 6.07) is 17.5. The molecule has 0 bridgehead atoms. The van der Waals surface area contributed by atoms with Crippen molar-refractivity contribution in [2.45, 2.75) is 32.8 Å². The molecule has 0 saturated carbocycles. The Kier molecular flexibility index (Phi) is 7.03. The van der Waals surface area contributed by atoms with Gasteiger partial charge in [-0.25, -0.2) is 4.79 Å². The lowest BCUT2D eigenvalue weighted by atomic mass is 10.2. The van der Waals surface area contributed by atoms with E-state index in [0.29, 0.717) is 10.6 Å². The lowest BCUT2D eigenvalue weighted by Crippen LogP contribution is -2.41. The molecule has 0 aromatic heterocycles. The predicted octanol–water partition coefficient (Wildman–Crippen LogP) is 3.72. The van der Waals surface area contributed by atoms with Crippen molar-refractivity contribution in [3.63, 3.8) is 0 Å². The van der Waals surface area contributed by atoms with Crippen LogP contribution in [0.3, 0.4) is 0 Å². The molecular formula is C21H26NO5P. The van der Waals surface area contributed by atoms with Gasteiger partial charge in [-0.05, 0) is 45.0 Å². The molecule has 2 rings (SSSR count). The molecule has 0 atom stereocenters. The molecule has 2 aromatic carbocycles. The molecule has 0 N–H and O–H groups in total. The zero-order valence-electron chi connectivity index (χ0n) is 16.6.